The molecule has 0 fully saturated rings. The third kappa shape index (κ3) is 30.5. The van der Waals surface area contributed by atoms with E-state index in [2.05, 4.69) is 33.8 Å². The Kier molecular flexibility index (Phi) is 31.5. The van der Waals surface area contributed by atoms with Gasteiger partial charge in [-0.3, -0.25) is 14.2 Å². The lowest BCUT2D eigenvalue weighted by molar-refractivity contribution is -0.870. The van der Waals surface area contributed by atoms with Crippen LogP contribution < -0.4 is 4.89 Å². The van der Waals surface area contributed by atoms with Crippen molar-refractivity contribution in [3.05, 3.63) is 59.1 Å². The third-order valence-electron chi connectivity index (χ3n) is 10.5. The number of nitrogens with zero attached hydrogens (tertiary/aromatic N) is 1. The first-order valence-corrected chi connectivity index (χ1v) is 24.6. The second-order valence-corrected chi connectivity index (χ2v) is 18.6. The van der Waals surface area contributed by atoms with Crippen LogP contribution in [-0.2, 0) is 45.5 Å². The van der Waals surface area contributed by atoms with Crippen LogP contribution in [0.1, 0.15) is 171 Å². The number of phosphoric acid groups is 1. The summed E-state index contributed by atoms with van der Waals surface area (Å²) >= 11 is 0. The number of aliphatic hydroxyl groups is 1. The highest BCUT2D eigenvalue weighted by Crippen LogP contribution is 2.38. The van der Waals surface area contributed by atoms with Gasteiger partial charge in [0.2, 0.25) is 0 Å². The maximum atomic E-state index is 12.7. The summed E-state index contributed by atoms with van der Waals surface area (Å²) in [4.78, 5) is 37.7. The lowest BCUT2D eigenvalue weighted by Crippen LogP contribution is -2.37. The summed E-state index contributed by atoms with van der Waals surface area (Å²) in [7, 11) is 1.09. The fourth-order valence-electron chi connectivity index (χ4n) is 6.52. The number of furan rings is 1. The third-order valence-corrected chi connectivity index (χ3v) is 11.4. The van der Waals surface area contributed by atoms with Gasteiger partial charge < -0.3 is 37.4 Å². The van der Waals surface area contributed by atoms with Crippen molar-refractivity contribution in [3.63, 3.8) is 0 Å². The van der Waals surface area contributed by atoms with Crippen molar-refractivity contribution in [3.8, 4) is 0 Å². The molecular formula is C48H84NO10P. The van der Waals surface area contributed by atoms with Crippen molar-refractivity contribution >= 4 is 19.8 Å². The average Bonchev–Trinajstić information content (AvgIpc) is 3.46. The number of hydrogen-bond acceptors (Lipinski definition) is 10. The molecule has 1 N–H and O–H groups in total. The Morgan fingerprint density at radius 3 is 1.90 bits per heavy atom. The first-order chi connectivity index (χ1) is 28.7. The van der Waals surface area contributed by atoms with Crippen molar-refractivity contribution < 1.29 is 51.6 Å². The van der Waals surface area contributed by atoms with E-state index in [-0.39, 0.29) is 26.1 Å². The van der Waals surface area contributed by atoms with Crippen molar-refractivity contribution in [2.75, 3.05) is 47.5 Å². The van der Waals surface area contributed by atoms with Crippen LogP contribution >= 0.6 is 7.82 Å². The van der Waals surface area contributed by atoms with E-state index in [1.165, 1.54) is 55.4 Å². The van der Waals surface area contributed by atoms with Gasteiger partial charge in [0.15, 0.2) is 6.10 Å². The van der Waals surface area contributed by atoms with Gasteiger partial charge in [-0.1, -0.05) is 121 Å². The summed E-state index contributed by atoms with van der Waals surface area (Å²) in [5.74, 6) is 1.42. The minimum Gasteiger partial charge on any atom is -0.756 e. The molecule has 1 aromatic heterocycles. The summed E-state index contributed by atoms with van der Waals surface area (Å²) in [6, 6.07) is 0. The van der Waals surface area contributed by atoms with E-state index < -0.39 is 38.6 Å². The zero-order chi connectivity index (χ0) is 44.5. The number of carbonyl (C=O) groups excluding carboxylic acids is 2. The number of quaternary nitrogens is 1. The van der Waals surface area contributed by atoms with Crippen LogP contribution in [-0.4, -0.2) is 81.2 Å². The van der Waals surface area contributed by atoms with Crippen LogP contribution in [0.3, 0.4) is 0 Å². The van der Waals surface area contributed by atoms with Gasteiger partial charge in [0.1, 0.15) is 31.3 Å². The Labute approximate surface area is 364 Å². The molecule has 0 radical (unpaired) electrons. The van der Waals surface area contributed by atoms with Gasteiger partial charge in [-0.15, -0.1) is 0 Å². The Balaban J connectivity index is 2.37. The number of unbranched alkanes of at least 4 members (excludes halogenated alkanes) is 14. The molecule has 12 heteroatoms. The molecule has 0 spiro atoms. The highest BCUT2D eigenvalue weighted by molar-refractivity contribution is 7.45. The molecular weight excluding hydrogens is 781 g/mol. The summed E-state index contributed by atoms with van der Waals surface area (Å²) in [6.07, 6.45) is 31.8. The Morgan fingerprint density at radius 2 is 1.30 bits per heavy atom. The predicted octanol–water partition coefficient (Wildman–Crippen LogP) is 10.9. The Bertz CT molecular complexity index is 1410. The normalized spacial score (nSPS) is 14.3. The van der Waals surface area contributed by atoms with Gasteiger partial charge in [0, 0.05) is 25.7 Å². The van der Waals surface area contributed by atoms with Crippen LogP contribution in [0.15, 0.2) is 40.9 Å². The maximum absolute atomic E-state index is 12.7. The van der Waals surface area contributed by atoms with E-state index >= 15 is 0 Å². The van der Waals surface area contributed by atoms with Crippen molar-refractivity contribution in [2.24, 2.45) is 0 Å². The lowest BCUT2D eigenvalue weighted by Gasteiger charge is -2.28. The number of likely N-dealkylation sites (N-methyl/N-ethyl adjacent to an activating group) is 1. The number of esters is 2. The predicted molar refractivity (Wildman–Crippen MR) is 241 cm³/mol. The molecule has 2 unspecified atom stereocenters. The molecule has 0 amide bonds. The van der Waals surface area contributed by atoms with Gasteiger partial charge in [0.25, 0.3) is 7.82 Å². The Morgan fingerprint density at radius 1 is 0.733 bits per heavy atom. The van der Waals surface area contributed by atoms with Crippen LogP contribution in [0, 0.1) is 13.8 Å². The molecule has 0 saturated carbocycles. The molecule has 3 atom stereocenters. The largest absolute Gasteiger partial charge is 0.756 e. The monoisotopic (exact) mass is 866 g/mol. The molecule has 0 aromatic carbocycles. The van der Waals surface area contributed by atoms with E-state index in [1.807, 2.05) is 45.4 Å². The number of carbonyl (C=O) groups is 2. The van der Waals surface area contributed by atoms with Gasteiger partial charge in [-0.05, 0) is 76.3 Å². The quantitative estimate of drug-likeness (QED) is 0.0170. The molecule has 346 valence electrons. The molecule has 11 nitrogen and oxygen atoms in total. The second kappa shape index (κ2) is 34.0. The molecule has 60 heavy (non-hydrogen) atoms. The molecule has 1 rings (SSSR count). The first kappa shape index (κ1) is 55.5. The Hall–Kier alpha value is -2.53. The topological polar surface area (TPSA) is 145 Å². The maximum Gasteiger partial charge on any atom is 0.306 e. The number of phosphoric ester groups is 1. The molecule has 0 aliphatic heterocycles. The van der Waals surface area contributed by atoms with Gasteiger partial charge in [-0.2, -0.15) is 0 Å². The van der Waals surface area contributed by atoms with Crippen LogP contribution in [0.25, 0.3) is 0 Å². The van der Waals surface area contributed by atoms with E-state index in [1.54, 1.807) is 6.08 Å². The molecule has 0 aliphatic carbocycles. The number of hydrogen-bond donors (Lipinski definition) is 1. The zero-order valence-corrected chi connectivity index (χ0v) is 39.6. The lowest BCUT2D eigenvalue weighted by atomic mass is 10.0. The zero-order valence-electron chi connectivity index (χ0n) is 38.7. The summed E-state index contributed by atoms with van der Waals surface area (Å²) < 4.78 is 40.2. The molecule has 1 aromatic rings. The number of rotatable bonds is 38. The van der Waals surface area contributed by atoms with E-state index in [9.17, 15) is 24.2 Å². The highest BCUT2D eigenvalue weighted by atomic mass is 31.2. The number of aliphatic hydroxyl groups excluding tert-OH is 1. The summed E-state index contributed by atoms with van der Waals surface area (Å²) in [6.45, 7) is 8.27. The van der Waals surface area contributed by atoms with Crippen LogP contribution in [0.4, 0.5) is 0 Å². The fourth-order valence-corrected chi connectivity index (χ4v) is 7.24. The van der Waals surface area contributed by atoms with Crippen LogP contribution in [0.5, 0.6) is 0 Å². The van der Waals surface area contributed by atoms with Gasteiger partial charge in [-0.25, -0.2) is 0 Å². The molecule has 1 heterocycles. The molecule has 0 aliphatic rings. The van der Waals surface area contributed by atoms with Crippen molar-refractivity contribution in [1.82, 2.24) is 0 Å². The first-order valence-electron chi connectivity index (χ1n) is 23.2. The minimum absolute atomic E-state index is 0.0519. The summed E-state index contributed by atoms with van der Waals surface area (Å²) in [5, 5.41) is 9.90. The minimum atomic E-state index is -4.66. The highest BCUT2D eigenvalue weighted by Gasteiger charge is 2.22. The average molecular weight is 866 g/mol. The smallest absolute Gasteiger partial charge is 0.306 e. The van der Waals surface area contributed by atoms with E-state index in [0.29, 0.717) is 30.3 Å². The fraction of sp³-hybridized carbons (Fsp3) is 0.750. The molecule has 0 bridgehead atoms. The number of ether oxygens (including phenoxy) is 2. The SMILES string of the molecule is CC/C=C/CC(O)/C=C/C=C/CCCCCCCC(=O)O[C@H](COC(=O)CCCCCCCCCCc1oc(CCCCC)c(C)c1C)COP(=O)([O-])OCC[N+](C)(C)C. The number of allylic oxidation sites excluding steroid dienone is 4. The second-order valence-electron chi connectivity index (χ2n) is 17.2. The van der Waals surface area contributed by atoms with E-state index in [4.69, 9.17) is 22.9 Å². The van der Waals surface area contributed by atoms with Crippen molar-refractivity contribution in [2.45, 2.75) is 188 Å². The van der Waals surface area contributed by atoms with Gasteiger partial charge >= 0.3 is 11.9 Å². The van der Waals surface area contributed by atoms with Gasteiger partial charge in [0.05, 0.1) is 33.9 Å². The molecule has 0 saturated heterocycles. The van der Waals surface area contributed by atoms with Crippen molar-refractivity contribution in [1.29, 1.82) is 0 Å². The van der Waals surface area contributed by atoms with E-state index in [0.717, 1.165) is 82.8 Å². The standard InChI is InChI=1S/C48H84NO10P/c1-8-10-25-31-43(50)32-27-21-17-13-12-14-20-24-30-36-48(52)58-44(40-57-60(53,54)56-38-37-49(5,6)7)39-55-47(51)35-29-23-19-16-15-18-22-28-34-46-42(4)41(3)45(59-46)33-26-11-9-2/h10,17,21,25,27,32,43-44,50H,8-9,11-16,18-20,22-24,26,28-31,33-40H2,1-7H3/b21-17+,25-10+,32-27+/t43?,44-/m1/s1. The number of aryl methyl sites for hydroxylation is 2. The summed E-state index contributed by atoms with van der Waals surface area (Å²) in [5.41, 5.74) is 2.65. The van der Waals surface area contributed by atoms with Crippen LogP contribution in [0.2, 0.25) is 0 Å².